The van der Waals surface area contributed by atoms with Gasteiger partial charge in [0.2, 0.25) is 0 Å². The Bertz CT molecular complexity index is 511. The van der Waals surface area contributed by atoms with E-state index in [1.165, 1.54) is 0 Å². The van der Waals surface area contributed by atoms with Crippen molar-refractivity contribution in [2.24, 2.45) is 0 Å². The maximum atomic E-state index is 11.3. The zero-order valence-corrected chi connectivity index (χ0v) is 6.61. The van der Waals surface area contributed by atoms with Crippen LogP contribution in [0.4, 0.5) is 0 Å². The highest BCUT2D eigenvalue weighted by Gasteiger charge is 2.02. The lowest BCUT2D eigenvalue weighted by Gasteiger charge is -1.94. The molecule has 0 spiro atoms. The molecular formula is C10H5O3. The molecule has 63 valence electrons. The Morgan fingerprint density at radius 3 is 2.77 bits per heavy atom. The topological polar surface area (TPSA) is 47.3 Å². The number of hydrogen-bond donors (Lipinski definition) is 0. The number of benzene rings is 1. The first-order valence-corrected chi connectivity index (χ1v) is 3.72. The van der Waals surface area contributed by atoms with Gasteiger partial charge in [0.1, 0.15) is 5.58 Å². The van der Waals surface area contributed by atoms with Crippen LogP contribution in [0.2, 0.25) is 0 Å². The van der Waals surface area contributed by atoms with E-state index in [4.69, 9.17) is 4.42 Å². The molecule has 3 heteroatoms. The van der Waals surface area contributed by atoms with Crippen LogP contribution >= 0.6 is 0 Å². The Hall–Kier alpha value is -1.90. The molecule has 2 aromatic rings. The molecule has 0 unspecified atom stereocenters. The number of rotatable bonds is 1. The molecule has 1 radical (unpaired) electrons. The molecule has 13 heavy (non-hydrogen) atoms. The summed E-state index contributed by atoms with van der Waals surface area (Å²) in [6, 6.07) is 7.89. The zero-order valence-electron chi connectivity index (χ0n) is 6.61. The molecule has 3 nitrogen and oxygen atoms in total. The van der Waals surface area contributed by atoms with Crippen LogP contribution in [0.1, 0.15) is 5.76 Å². The molecular weight excluding hydrogens is 168 g/mol. The summed E-state index contributed by atoms with van der Waals surface area (Å²) in [5, 5.41) is 0.474. The van der Waals surface area contributed by atoms with Gasteiger partial charge in [-0.05, 0) is 12.1 Å². The summed E-state index contributed by atoms with van der Waals surface area (Å²) < 4.78 is 5.07. The quantitative estimate of drug-likeness (QED) is 0.652. The molecule has 0 aliphatic rings. The van der Waals surface area contributed by atoms with E-state index in [1.54, 1.807) is 30.6 Å². The van der Waals surface area contributed by atoms with Crippen molar-refractivity contribution in [1.29, 1.82) is 0 Å². The Morgan fingerprint density at radius 2 is 2.00 bits per heavy atom. The highest BCUT2D eigenvalue weighted by Crippen LogP contribution is 2.09. The maximum Gasteiger partial charge on any atom is 0.272 e. The van der Waals surface area contributed by atoms with Crippen LogP contribution in [0.5, 0.6) is 0 Å². The number of para-hydroxylation sites is 1. The second-order valence-electron chi connectivity index (χ2n) is 2.57. The Kier molecular flexibility index (Phi) is 1.70. The van der Waals surface area contributed by atoms with Crippen LogP contribution in [0, 0.1) is 0 Å². The van der Waals surface area contributed by atoms with Crippen molar-refractivity contribution in [1.82, 2.24) is 0 Å². The van der Waals surface area contributed by atoms with Crippen molar-refractivity contribution in [3.05, 3.63) is 46.3 Å². The standard InChI is InChI=1S/C10H5O3/c11-6-7-5-9(12)8-3-1-2-4-10(8)13-7/h1-5H. The third-order valence-corrected chi connectivity index (χ3v) is 1.74. The van der Waals surface area contributed by atoms with Crippen LogP contribution in [0.15, 0.2) is 39.5 Å². The summed E-state index contributed by atoms with van der Waals surface area (Å²) in [5.74, 6) is -0.0660. The molecule has 0 saturated heterocycles. The van der Waals surface area contributed by atoms with E-state index in [0.29, 0.717) is 11.0 Å². The van der Waals surface area contributed by atoms with Crippen LogP contribution in [-0.4, -0.2) is 6.29 Å². The molecule has 1 heterocycles. The van der Waals surface area contributed by atoms with Gasteiger partial charge in [0.15, 0.2) is 11.2 Å². The van der Waals surface area contributed by atoms with Gasteiger partial charge in [-0.25, -0.2) is 0 Å². The van der Waals surface area contributed by atoms with Crippen LogP contribution in [0.25, 0.3) is 11.0 Å². The zero-order chi connectivity index (χ0) is 9.26. The summed E-state index contributed by atoms with van der Waals surface area (Å²) >= 11 is 0. The van der Waals surface area contributed by atoms with E-state index in [2.05, 4.69) is 0 Å². The fourth-order valence-corrected chi connectivity index (χ4v) is 1.15. The molecule has 1 aromatic carbocycles. The van der Waals surface area contributed by atoms with Gasteiger partial charge in [0.25, 0.3) is 6.29 Å². The Labute approximate surface area is 73.6 Å². The van der Waals surface area contributed by atoms with Gasteiger partial charge >= 0.3 is 0 Å². The van der Waals surface area contributed by atoms with Gasteiger partial charge in [-0.3, -0.25) is 9.59 Å². The molecule has 0 aliphatic heterocycles. The Morgan fingerprint density at radius 1 is 1.23 bits per heavy atom. The van der Waals surface area contributed by atoms with Crippen LogP contribution in [-0.2, 0) is 4.79 Å². The second kappa shape index (κ2) is 2.86. The van der Waals surface area contributed by atoms with Crippen molar-refractivity contribution in [3.8, 4) is 0 Å². The maximum absolute atomic E-state index is 11.3. The van der Waals surface area contributed by atoms with Crippen LogP contribution < -0.4 is 5.43 Å². The molecule has 0 aliphatic carbocycles. The van der Waals surface area contributed by atoms with E-state index < -0.39 is 0 Å². The molecule has 0 N–H and O–H groups in total. The van der Waals surface area contributed by atoms with E-state index in [-0.39, 0.29) is 11.2 Å². The number of hydrogen-bond acceptors (Lipinski definition) is 3. The minimum Gasteiger partial charge on any atom is -0.452 e. The summed E-state index contributed by atoms with van der Waals surface area (Å²) in [6.07, 6.45) is 1.54. The molecule has 1 aromatic heterocycles. The summed E-state index contributed by atoms with van der Waals surface area (Å²) in [4.78, 5) is 21.6. The average molecular weight is 173 g/mol. The van der Waals surface area contributed by atoms with Crippen LogP contribution in [0.3, 0.4) is 0 Å². The SMILES string of the molecule is O=[C]c1cc(=O)c2ccccc2o1. The van der Waals surface area contributed by atoms with E-state index >= 15 is 0 Å². The third kappa shape index (κ3) is 1.24. The monoisotopic (exact) mass is 173 g/mol. The molecule has 0 saturated carbocycles. The van der Waals surface area contributed by atoms with Gasteiger partial charge in [-0.15, -0.1) is 0 Å². The van der Waals surface area contributed by atoms with Gasteiger partial charge in [-0.2, -0.15) is 0 Å². The highest BCUT2D eigenvalue weighted by molar-refractivity contribution is 5.80. The summed E-state index contributed by atoms with van der Waals surface area (Å²) in [7, 11) is 0. The second-order valence-corrected chi connectivity index (χ2v) is 2.57. The average Bonchev–Trinajstić information content (AvgIpc) is 2.18. The molecule has 0 fully saturated rings. The first-order valence-electron chi connectivity index (χ1n) is 3.72. The van der Waals surface area contributed by atoms with E-state index in [1.807, 2.05) is 0 Å². The fourth-order valence-electron chi connectivity index (χ4n) is 1.15. The van der Waals surface area contributed by atoms with Crippen molar-refractivity contribution < 1.29 is 9.21 Å². The lowest BCUT2D eigenvalue weighted by Crippen LogP contribution is -2.01. The normalized spacial score (nSPS) is 10.2. The van der Waals surface area contributed by atoms with Crippen molar-refractivity contribution in [3.63, 3.8) is 0 Å². The van der Waals surface area contributed by atoms with E-state index in [9.17, 15) is 9.59 Å². The largest absolute Gasteiger partial charge is 0.452 e. The molecule has 0 atom stereocenters. The third-order valence-electron chi connectivity index (χ3n) is 1.74. The highest BCUT2D eigenvalue weighted by atomic mass is 16.3. The molecule has 0 bridgehead atoms. The smallest absolute Gasteiger partial charge is 0.272 e. The van der Waals surface area contributed by atoms with Gasteiger partial charge in [-0.1, -0.05) is 12.1 Å². The van der Waals surface area contributed by atoms with Gasteiger partial charge < -0.3 is 4.42 Å². The predicted molar refractivity (Wildman–Crippen MR) is 47.3 cm³/mol. The lowest BCUT2D eigenvalue weighted by atomic mass is 10.2. The van der Waals surface area contributed by atoms with Crippen molar-refractivity contribution in [2.75, 3.05) is 0 Å². The van der Waals surface area contributed by atoms with Crippen molar-refractivity contribution in [2.45, 2.75) is 0 Å². The minimum absolute atomic E-state index is 0.0660. The number of fused-ring (bicyclic) bond motifs is 1. The predicted octanol–water partition coefficient (Wildman–Crippen LogP) is 1.25. The molecule has 2 rings (SSSR count). The van der Waals surface area contributed by atoms with E-state index in [0.717, 1.165) is 6.07 Å². The first-order chi connectivity index (χ1) is 6.31. The van der Waals surface area contributed by atoms with Crippen molar-refractivity contribution >= 4 is 17.3 Å². The minimum atomic E-state index is -0.222. The first kappa shape index (κ1) is 7.73. The summed E-state index contributed by atoms with van der Waals surface area (Å²) in [6.45, 7) is 0. The molecule has 0 amide bonds. The van der Waals surface area contributed by atoms with Gasteiger partial charge in [0, 0.05) is 6.07 Å². The number of carbonyl (C=O) groups excluding carboxylic acids is 1. The summed E-state index contributed by atoms with van der Waals surface area (Å²) in [5.41, 5.74) is 0.188. The lowest BCUT2D eigenvalue weighted by molar-refractivity contribution is 0.530. The van der Waals surface area contributed by atoms with Gasteiger partial charge in [0.05, 0.1) is 5.39 Å². The fraction of sp³-hybridized carbons (Fsp3) is 0. The Balaban J connectivity index is 2.92.